The summed E-state index contributed by atoms with van der Waals surface area (Å²) >= 11 is 6.03. The van der Waals surface area contributed by atoms with Crippen molar-refractivity contribution in [3.8, 4) is 5.75 Å². The summed E-state index contributed by atoms with van der Waals surface area (Å²) < 4.78 is 11.4. The number of halogens is 1. The van der Waals surface area contributed by atoms with Crippen LogP contribution in [0.2, 0.25) is 5.02 Å². The highest BCUT2D eigenvalue weighted by Crippen LogP contribution is 2.41. The van der Waals surface area contributed by atoms with Crippen LogP contribution in [0.3, 0.4) is 0 Å². The third-order valence-corrected chi connectivity index (χ3v) is 6.10. The van der Waals surface area contributed by atoms with E-state index >= 15 is 0 Å². The van der Waals surface area contributed by atoms with E-state index in [-0.39, 0.29) is 29.7 Å². The van der Waals surface area contributed by atoms with Gasteiger partial charge in [0.1, 0.15) is 11.3 Å². The normalized spacial score (nSPS) is 21.2. The van der Waals surface area contributed by atoms with Crippen LogP contribution in [-0.2, 0) is 9.53 Å². The van der Waals surface area contributed by atoms with Crippen LogP contribution < -0.4 is 0 Å². The molecule has 7 nitrogen and oxygen atoms in total. The van der Waals surface area contributed by atoms with Crippen molar-refractivity contribution >= 4 is 34.3 Å². The third-order valence-electron chi connectivity index (χ3n) is 5.86. The Hall–Kier alpha value is -3.29. The summed E-state index contributed by atoms with van der Waals surface area (Å²) in [6.45, 7) is 0.825. The van der Waals surface area contributed by atoms with Crippen molar-refractivity contribution in [3.05, 3.63) is 76.2 Å². The molecule has 1 fully saturated rings. The molecule has 1 amide bonds. The molecule has 5 rings (SSSR count). The number of Topliss-reactive ketones (excluding diaryl/α,β-unsaturated/α-hetero) is 1. The van der Waals surface area contributed by atoms with Gasteiger partial charge >= 0.3 is 0 Å². The fourth-order valence-electron chi connectivity index (χ4n) is 4.38. The molecule has 0 spiro atoms. The molecule has 2 unspecified atom stereocenters. The van der Waals surface area contributed by atoms with Gasteiger partial charge in [0.2, 0.25) is 5.78 Å². The van der Waals surface area contributed by atoms with Gasteiger partial charge in [-0.2, -0.15) is 0 Å². The van der Waals surface area contributed by atoms with Gasteiger partial charge in [0.25, 0.3) is 5.91 Å². The molecule has 3 heterocycles. The van der Waals surface area contributed by atoms with Gasteiger partial charge in [0.15, 0.2) is 11.5 Å². The van der Waals surface area contributed by atoms with Gasteiger partial charge in [-0.1, -0.05) is 23.7 Å². The largest absolute Gasteiger partial charge is 0.508 e. The number of carbonyl (C=O) groups is 2. The van der Waals surface area contributed by atoms with Crippen LogP contribution in [0.25, 0.3) is 11.0 Å². The van der Waals surface area contributed by atoms with E-state index in [1.807, 2.05) is 0 Å². The Bertz CT molecular complexity index is 1260. The van der Waals surface area contributed by atoms with Crippen molar-refractivity contribution < 1.29 is 29.0 Å². The summed E-state index contributed by atoms with van der Waals surface area (Å²) in [4.78, 5) is 27.9. The lowest BCUT2D eigenvalue weighted by Crippen LogP contribution is -2.37. The number of phenolic OH excluding ortho intramolecular Hbond substituents is 1. The van der Waals surface area contributed by atoms with Gasteiger partial charge in [-0.05, 0) is 54.8 Å². The number of amides is 1. The molecule has 3 aromatic rings. The highest BCUT2D eigenvalue weighted by Gasteiger charge is 2.45. The minimum atomic E-state index is -0.886. The maximum atomic E-state index is 13.5. The summed E-state index contributed by atoms with van der Waals surface area (Å²) in [5.74, 6) is -1.91. The average molecular weight is 454 g/mol. The number of aliphatic hydroxyl groups is 1. The van der Waals surface area contributed by atoms with Gasteiger partial charge in [-0.25, -0.2) is 0 Å². The number of fused-ring (bicyclic) bond motifs is 1. The number of aromatic hydroxyl groups is 1. The van der Waals surface area contributed by atoms with Crippen molar-refractivity contribution in [2.45, 2.75) is 25.0 Å². The van der Waals surface area contributed by atoms with Crippen molar-refractivity contribution in [3.63, 3.8) is 0 Å². The molecule has 2 atom stereocenters. The molecule has 2 aliphatic rings. The van der Waals surface area contributed by atoms with Crippen LogP contribution in [0.15, 0.2) is 64.3 Å². The van der Waals surface area contributed by atoms with Crippen molar-refractivity contribution in [1.29, 1.82) is 0 Å². The Morgan fingerprint density at radius 1 is 1.16 bits per heavy atom. The summed E-state index contributed by atoms with van der Waals surface area (Å²) in [7, 11) is 0. The molecular weight excluding hydrogens is 434 g/mol. The predicted octanol–water partition coefficient (Wildman–Crippen LogP) is 4.55. The maximum Gasteiger partial charge on any atom is 0.290 e. The van der Waals surface area contributed by atoms with Gasteiger partial charge in [0, 0.05) is 23.6 Å². The lowest BCUT2D eigenvalue weighted by atomic mass is 9.94. The highest BCUT2D eigenvalue weighted by molar-refractivity contribution is 6.31. The first-order chi connectivity index (χ1) is 15.4. The number of ketones is 1. The topological polar surface area (TPSA) is 100 Å². The SMILES string of the molecule is O=C(C1=C(O)C(=O)N(CC2CCCO2)C1c1cccc(O)c1)c1cc2cc(Cl)ccc2o1. The van der Waals surface area contributed by atoms with E-state index < -0.39 is 23.5 Å². The summed E-state index contributed by atoms with van der Waals surface area (Å²) in [5.41, 5.74) is 0.874. The molecule has 0 aliphatic carbocycles. The Kier molecular flexibility index (Phi) is 5.15. The smallest absolute Gasteiger partial charge is 0.290 e. The zero-order valence-electron chi connectivity index (χ0n) is 17.0. The van der Waals surface area contributed by atoms with Crippen molar-refractivity contribution in [2.24, 2.45) is 0 Å². The number of nitrogens with zero attached hydrogens (tertiary/aromatic N) is 1. The Balaban J connectivity index is 1.58. The Labute approximate surface area is 188 Å². The average Bonchev–Trinajstić information content (AvgIpc) is 3.48. The molecule has 1 saturated heterocycles. The second-order valence-electron chi connectivity index (χ2n) is 7.97. The van der Waals surface area contributed by atoms with Crippen molar-refractivity contribution in [2.75, 3.05) is 13.2 Å². The number of rotatable bonds is 5. The second-order valence-corrected chi connectivity index (χ2v) is 8.41. The van der Waals surface area contributed by atoms with Crippen LogP contribution in [0.1, 0.15) is 35.0 Å². The zero-order valence-corrected chi connectivity index (χ0v) is 17.7. The van der Waals surface area contributed by atoms with E-state index in [0.29, 0.717) is 28.2 Å². The molecule has 32 heavy (non-hydrogen) atoms. The first-order valence-electron chi connectivity index (χ1n) is 10.3. The molecule has 0 radical (unpaired) electrons. The standard InChI is InChI=1S/C24H20ClNO6/c25-15-6-7-18-14(9-15)11-19(32-18)22(28)20-21(13-3-1-4-16(27)10-13)26(24(30)23(20)29)12-17-5-2-8-31-17/h1,3-4,6-7,9-11,17,21,27,29H,2,5,8,12H2. The minimum Gasteiger partial charge on any atom is -0.508 e. The highest BCUT2D eigenvalue weighted by atomic mass is 35.5. The first-order valence-corrected chi connectivity index (χ1v) is 10.7. The van der Waals surface area contributed by atoms with Crippen LogP contribution in [0.5, 0.6) is 5.75 Å². The first kappa shape index (κ1) is 20.6. The van der Waals surface area contributed by atoms with E-state index in [1.165, 1.54) is 23.1 Å². The number of phenols is 1. The quantitative estimate of drug-likeness (QED) is 0.550. The number of hydrogen-bond acceptors (Lipinski definition) is 6. The monoisotopic (exact) mass is 453 g/mol. The fraction of sp³-hybridized carbons (Fsp3) is 0.250. The van der Waals surface area contributed by atoms with Gasteiger partial charge in [-0.3, -0.25) is 9.59 Å². The molecule has 1 aromatic heterocycles. The van der Waals surface area contributed by atoms with Crippen LogP contribution in [-0.4, -0.2) is 46.1 Å². The number of carbonyl (C=O) groups excluding carboxylic acids is 2. The Morgan fingerprint density at radius 3 is 2.75 bits per heavy atom. The molecule has 0 saturated carbocycles. The van der Waals surface area contributed by atoms with Crippen molar-refractivity contribution in [1.82, 2.24) is 4.90 Å². The number of aliphatic hydroxyl groups excluding tert-OH is 1. The zero-order chi connectivity index (χ0) is 22.4. The number of benzene rings is 2. The molecule has 8 heteroatoms. The third kappa shape index (κ3) is 3.53. The van der Waals surface area contributed by atoms with Crippen LogP contribution in [0.4, 0.5) is 0 Å². The second kappa shape index (κ2) is 8.00. The fourth-order valence-corrected chi connectivity index (χ4v) is 4.56. The van der Waals surface area contributed by atoms with Gasteiger partial charge < -0.3 is 24.3 Å². The van der Waals surface area contributed by atoms with E-state index in [0.717, 1.165) is 12.8 Å². The molecular formula is C24H20ClNO6. The number of hydrogen-bond donors (Lipinski definition) is 2. The number of furan rings is 1. The maximum absolute atomic E-state index is 13.5. The van der Waals surface area contributed by atoms with E-state index in [2.05, 4.69) is 0 Å². The molecule has 2 aliphatic heterocycles. The van der Waals surface area contributed by atoms with E-state index in [9.17, 15) is 19.8 Å². The summed E-state index contributed by atoms with van der Waals surface area (Å²) in [5, 5.41) is 21.9. The van der Waals surface area contributed by atoms with E-state index in [1.54, 1.807) is 30.3 Å². The van der Waals surface area contributed by atoms with Gasteiger partial charge in [0.05, 0.1) is 17.7 Å². The molecule has 0 bridgehead atoms. The predicted molar refractivity (Wildman–Crippen MR) is 117 cm³/mol. The minimum absolute atomic E-state index is 0.0106. The summed E-state index contributed by atoms with van der Waals surface area (Å²) in [6.07, 6.45) is 1.48. The van der Waals surface area contributed by atoms with Crippen LogP contribution in [0, 0.1) is 0 Å². The Morgan fingerprint density at radius 2 is 2.00 bits per heavy atom. The van der Waals surface area contributed by atoms with Crippen LogP contribution >= 0.6 is 11.6 Å². The molecule has 2 aromatic carbocycles. The van der Waals surface area contributed by atoms with Gasteiger partial charge in [-0.15, -0.1) is 0 Å². The lowest BCUT2D eigenvalue weighted by Gasteiger charge is -2.28. The number of ether oxygens (including phenoxy) is 1. The van der Waals surface area contributed by atoms with E-state index in [4.69, 9.17) is 20.8 Å². The molecule has 164 valence electrons. The lowest BCUT2D eigenvalue weighted by molar-refractivity contribution is -0.131. The summed E-state index contributed by atoms with van der Waals surface area (Å²) in [6, 6.07) is 11.9. The molecule has 2 N–H and O–H groups in total.